The average Bonchev–Trinajstić information content (AvgIpc) is 2.74. The number of halogens is 1. The Morgan fingerprint density at radius 1 is 1.09 bits per heavy atom. The van der Waals surface area contributed by atoms with Gasteiger partial charge in [0.2, 0.25) is 0 Å². The van der Waals surface area contributed by atoms with Crippen molar-refractivity contribution in [1.29, 1.82) is 0 Å². The fourth-order valence-electron chi connectivity index (χ4n) is 2.72. The minimum atomic E-state index is -1.05. The van der Waals surface area contributed by atoms with Crippen LogP contribution in [0.1, 0.15) is 23.6 Å². The van der Waals surface area contributed by atoms with E-state index in [4.69, 9.17) is 11.6 Å². The number of carbonyl (C=O) groups excluding carboxylic acids is 2. The van der Waals surface area contributed by atoms with E-state index in [2.05, 4.69) is 5.32 Å². The van der Waals surface area contributed by atoms with Crippen LogP contribution in [0.2, 0.25) is 5.02 Å². The third-order valence-electron chi connectivity index (χ3n) is 4.19. The van der Waals surface area contributed by atoms with Gasteiger partial charge in [-0.25, -0.2) is 4.79 Å². The molecule has 118 valence electrons. The number of urea groups is 1. The summed E-state index contributed by atoms with van der Waals surface area (Å²) in [6, 6.07) is 14.4. The first-order chi connectivity index (χ1) is 10.9. The van der Waals surface area contributed by atoms with Gasteiger partial charge in [-0.05, 0) is 31.0 Å². The summed E-state index contributed by atoms with van der Waals surface area (Å²) in [5, 5.41) is 3.34. The second-order valence-electron chi connectivity index (χ2n) is 5.90. The third-order valence-corrected chi connectivity index (χ3v) is 4.56. The number of imide groups is 1. The van der Waals surface area contributed by atoms with Gasteiger partial charge in [-0.2, -0.15) is 0 Å². The van der Waals surface area contributed by atoms with Crippen LogP contribution >= 0.6 is 11.6 Å². The van der Waals surface area contributed by atoms with Gasteiger partial charge in [-0.3, -0.25) is 9.69 Å². The second kappa shape index (κ2) is 5.70. The molecule has 0 saturated carbocycles. The van der Waals surface area contributed by atoms with Gasteiger partial charge in [0.05, 0.1) is 6.54 Å². The summed E-state index contributed by atoms with van der Waals surface area (Å²) < 4.78 is 0. The molecule has 1 fully saturated rings. The number of aryl methyl sites for hydroxylation is 1. The van der Waals surface area contributed by atoms with Gasteiger partial charge in [0, 0.05) is 5.02 Å². The Labute approximate surface area is 140 Å². The highest BCUT2D eigenvalue weighted by molar-refractivity contribution is 6.31. The van der Waals surface area contributed by atoms with Gasteiger partial charge in [0.25, 0.3) is 5.91 Å². The van der Waals surface area contributed by atoms with Crippen molar-refractivity contribution < 1.29 is 9.59 Å². The van der Waals surface area contributed by atoms with Crippen LogP contribution < -0.4 is 5.32 Å². The summed E-state index contributed by atoms with van der Waals surface area (Å²) in [4.78, 5) is 26.4. The van der Waals surface area contributed by atoms with Crippen molar-refractivity contribution in [3.63, 3.8) is 0 Å². The molecular formula is C18H17ClN2O2. The summed E-state index contributed by atoms with van der Waals surface area (Å²) in [6.45, 7) is 3.86. The minimum Gasteiger partial charge on any atom is -0.319 e. The molecule has 0 aliphatic carbocycles. The molecule has 1 heterocycles. The Hall–Kier alpha value is -2.33. The van der Waals surface area contributed by atoms with E-state index in [1.54, 1.807) is 13.0 Å². The van der Waals surface area contributed by atoms with Crippen molar-refractivity contribution in [1.82, 2.24) is 10.2 Å². The van der Waals surface area contributed by atoms with Crippen LogP contribution in [0.25, 0.3) is 0 Å². The molecule has 0 unspecified atom stereocenters. The maximum absolute atomic E-state index is 12.8. The topological polar surface area (TPSA) is 49.4 Å². The molecule has 1 aliphatic heterocycles. The number of amides is 3. The summed E-state index contributed by atoms with van der Waals surface area (Å²) in [7, 11) is 0. The molecule has 1 N–H and O–H groups in total. The average molecular weight is 329 g/mol. The quantitative estimate of drug-likeness (QED) is 0.875. The molecule has 23 heavy (non-hydrogen) atoms. The van der Waals surface area contributed by atoms with Crippen LogP contribution in [-0.2, 0) is 16.9 Å². The first-order valence-electron chi connectivity index (χ1n) is 7.36. The van der Waals surface area contributed by atoms with E-state index in [0.717, 1.165) is 16.7 Å². The van der Waals surface area contributed by atoms with Gasteiger partial charge in [0.15, 0.2) is 0 Å². The van der Waals surface area contributed by atoms with Crippen molar-refractivity contribution in [3.8, 4) is 0 Å². The number of nitrogens with zero attached hydrogens (tertiary/aromatic N) is 1. The molecular weight excluding hydrogens is 312 g/mol. The predicted molar refractivity (Wildman–Crippen MR) is 89.1 cm³/mol. The molecule has 0 aromatic heterocycles. The van der Waals surface area contributed by atoms with Crippen molar-refractivity contribution in [2.75, 3.05) is 0 Å². The Bertz CT molecular complexity index is 773. The maximum Gasteiger partial charge on any atom is 0.325 e. The first kappa shape index (κ1) is 15.6. The zero-order valence-corrected chi connectivity index (χ0v) is 13.7. The zero-order chi connectivity index (χ0) is 16.6. The highest BCUT2D eigenvalue weighted by Gasteiger charge is 2.48. The second-order valence-corrected chi connectivity index (χ2v) is 6.31. The van der Waals surface area contributed by atoms with E-state index in [0.29, 0.717) is 5.02 Å². The lowest BCUT2D eigenvalue weighted by molar-refractivity contribution is -0.131. The van der Waals surface area contributed by atoms with Gasteiger partial charge in [0.1, 0.15) is 5.54 Å². The van der Waals surface area contributed by atoms with Crippen LogP contribution in [-0.4, -0.2) is 16.8 Å². The smallest absolute Gasteiger partial charge is 0.319 e. The number of benzene rings is 2. The van der Waals surface area contributed by atoms with Gasteiger partial charge < -0.3 is 5.32 Å². The van der Waals surface area contributed by atoms with Crippen molar-refractivity contribution in [2.45, 2.75) is 25.9 Å². The van der Waals surface area contributed by atoms with Gasteiger partial charge in [-0.1, -0.05) is 59.6 Å². The molecule has 0 radical (unpaired) electrons. The van der Waals surface area contributed by atoms with Gasteiger partial charge >= 0.3 is 6.03 Å². The molecule has 1 saturated heterocycles. The fraction of sp³-hybridized carbons (Fsp3) is 0.222. The molecule has 0 bridgehead atoms. The molecule has 3 amide bonds. The lowest BCUT2D eigenvalue weighted by atomic mass is 9.91. The van der Waals surface area contributed by atoms with Crippen LogP contribution in [0.3, 0.4) is 0 Å². The largest absolute Gasteiger partial charge is 0.325 e. The number of hydrogen-bond acceptors (Lipinski definition) is 2. The molecule has 1 aliphatic rings. The van der Waals surface area contributed by atoms with E-state index in [-0.39, 0.29) is 12.5 Å². The molecule has 2 aromatic carbocycles. The number of nitrogens with one attached hydrogen (secondary N) is 1. The Morgan fingerprint density at radius 2 is 1.74 bits per heavy atom. The van der Waals surface area contributed by atoms with Gasteiger partial charge in [-0.15, -0.1) is 0 Å². The summed E-state index contributed by atoms with van der Waals surface area (Å²) in [5.74, 6) is -0.272. The van der Waals surface area contributed by atoms with E-state index in [1.165, 1.54) is 4.90 Å². The molecule has 0 spiro atoms. The van der Waals surface area contributed by atoms with E-state index in [1.807, 2.05) is 49.4 Å². The molecule has 4 nitrogen and oxygen atoms in total. The Kier molecular flexibility index (Phi) is 3.86. The van der Waals surface area contributed by atoms with E-state index < -0.39 is 11.6 Å². The third kappa shape index (κ3) is 2.70. The summed E-state index contributed by atoms with van der Waals surface area (Å²) in [5.41, 5.74) is 1.56. The number of rotatable bonds is 3. The van der Waals surface area contributed by atoms with Crippen LogP contribution in [0, 0.1) is 6.92 Å². The zero-order valence-electron chi connectivity index (χ0n) is 13.0. The van der Waals surface area contributed by atoms with Crippen molar-refractivity contribution in [2.24, 2.45) is 0 Å². The van der Waals surface area contributed by atoms with E-state index in [9.17, 15) is 9.59 Å². The standard InChI is InChI=1S/C18H17ClN2O2/c1-12-7-9-14(10-8-12)18(2)16(22)21(17(23)20-18)11-13-5-3-4-6-15(13)19/h3-10H,11H2,1-2H3,(H,20,23)/t18-/m1/s1. The summed E-state index contributed by atoms with van der Waals surface area (Å²) >= 11 is 6.13. The maximum atomic E-state index is 12.8. The molecule has 1 atom stereocenters. The number of carbonyl (C=O) groups is 2. The highest BCUT2D eigenvalue weighted by atomic mass is 35.5. The highest BCUT2D eigenvalue weighted by Crippen LogP contribution is 2.30. The van der Waals surface area contributed by atoms with Crippen LogP contribution in [0.5, 0.6) is 0 Å². The SMILES string of the molecule is Cc1ccc([C@@]2(C)NC(=O)N(Cc3ccccc3Cl)C2=O)cc1. The fourth-order valence-corrected chi connectivity index (χ4v) is 2.92. The lowest BCUT2D eigenvalue weighted by Gasteiger charge is -2.22. The Balaban J connectivity index is 1.90. The molecule has 2 aromatic rings. The lowest BCUT2D eigenvalue weighted by Crippen LogP contribution is -2.40. The minimum absolute atomic E-state index is 0.159. The molecule has 3 rings (SSSR count). The monoisotopic (exact) mass is 328 g/mol. The Morgan fingerprint density at radius 3 is 2.39 bits per heavy atom. The molecule has 5 heteroatoms. The first-order valence-corrected chi connectivity index (χ1v) is 7.74. The van der Waals surface area contributed by atoms with Crippen LogP contribution in [0.4, 0.5) is 4.79 Å². The summed E-state index contributed by atoms with van der Waals surface area (Å²) in [6.07, 6.45) is 0. The predicted octanol–water partition coefficient (Wildman–Crippen LogP) is 3.62. The number of hydrogen-bond donors (Lipinski definition) is 1. The van der Waals surface area contributed by atoms with Crippen LogP contribution in [0.15, 0.2) is 48.5 Å². The normalized spacial score (nSPS) is 20.7. The van der Waals surface area contributed by atoms with Crippen molar-refractivity contribution in [3.05, 3.63) is 70.2 Å². The van der Waals surface area contributed by atoms with Crippen molar-refractivity contribution >= 4 is 23.5 Å². The van der Waals surface area contributed by atoms with E-state index >= 15 is 0 Å².